The SMILES string of the molecule is Cc1cc(Br)c2c(c1)N(C(C)(C)C)C(=O)C21CC1. The number of carbonyl (C=O) groups excluding carboxylic acids is 1. The van der Waals surface area contributed by atoms with Crippen LogP contribution in [0.25, 0.3) is 0 Å². The third kappa shape index (κ3) is 1.43. The molecule has 1 heterocycles. The molecule has 0 saturated heterocycles. The van der Waals surface area contributed by atoms with Crippen molar-refractivity contribution in [3.8, 4) is 0 Å². The molecular formula is C15H18BrNO. The summed E-state index contributed by atoms with van der Waals surface area (Å²) in [5.74, 6) is 0.288. The van der Waals surface area contributed by atoms with Gasteiger partial charge in [0, 0.05) is 21.3 Å². The Kier molecular flexibility index (Phi) is 2.30. The molecule has 0 radical (unpaired) electrons. The summed E-state index contributed by atoms with van der Waals surface area (Å²) in [4.78, 5) is 14.8. The molecule has 1 aliphatic carbocycles. The Labute approximate surface area is 116 Å². The predicted molar refractivity (Wildman–Crippen MR) is 77.0 cm³/mol. The zero-order valence-electron chi connectivity index (χ0n) is 11.3. The molecular weight excluding hydrogens is 290 g/mol. The van der Waals surface area contributed by atoms with E-state index in [2.05, 4.69) is 55.8 Å². The molecule has 0 bridgehead atoms. The summed E-state index contributed by atoms with van der Waals surface area (Å²) in [6, 6.07) is 4.27. The molecule has 2 nitrogen and oxygen atoms in total. The minimum Gasteiger partial charge on any atom is -0.306 e. The van der Waals surface area contributed by atoms with Gasteiger partial charge >= 0.3 is 0 Å². The van der Waals surface area contributed by atoms with Gasteiger partial charge in [-0.2, -0.15) is 0 Å². The smallest absolute Gasteiger partial charge is 0.238 e. The molecule has 0 unspecified atom stereocenters. The molecule has 1 saturated carbocycles. The van der Waals surface area contributed by atoms with Crippen LogP contribution in [-0.2, 0) is 10.2 Å². The molecule has 1 spiro atoms. The van der Waals surface area contributed by atoms with Crippen molar-refractivity contribution in [2.75, 3.05) is 4.90 Å². The number of carbonyl (C=O) groups is 1. The Hall–Kier alpha value is -0.830. The van der Waals surface area contributed by atoms with E-state index in [9.17, 15) is 4.79 Å². The topological polar surface area (TPSA) is 20.3 Å². The van der Waals surface area contributed by atoms with E-state index >= 15 is 0 Å². The van der Waals surface area contributed by atoms with E-state index < -0.39 is 0 Å². The Morgan fingerprint density at radius 3 is 2.39 bits per heavy atom. The lowest BCUT2D eigenvalue weighted by Crippen LogP contribution is -2.45. The lowest BCUT2D eigenvalue weighted by Gasteiger charge is -2.33. The van der Waals surface area contributed by atoms with Crippen molar-refractivity contribution in [2.45, 2.75) is 51.5 Å². The summed E-state index contributed by atoms with van der Waals surface area (Å²) < 4.78 is 1.09. The fourth-order valence-corrected chi connectivity index (χ4v) is 4.00. The highest BCUT2D eigenvalue weighted by molar-refractivity contribution is 9.10. The van der Waals surface area contributed by atoms with Crippen molar-refractivity contribution in [3.05, 3.63) is 27.7 Å². The summed E-state index contributed by atoms with van der Waals surface area (Å²) in [5.41, 5.74) is 3.14. The maximum atomic E-state index is 12.8. The summed E-state index contributed by atoms with van der Waals surface area (Å²) in [6.45, 7) is 8.39. The third-order valence-electron chi connectivity index (χ3n) is 3.97. The van der Waals surface area contributed by atoms with Gasteiger partial charge < -0.3 is 4.90 Å². The number of fused-ring (bicyclic) bond motifs is 2. The summed E-state index contributed by atoms with van der Waals surface area (Å²) >= 11 is 3.66. The Morgan fingerprint density at radius 1 is 1.28 bits per heavy atom. The molecule has 18 heavy (non-hydrogen) atoms. The number of amides is 1. The molecule has 0 atom stereocenters. The van der Waals surface area contributed by atoms with Crippen LogP contribution in [0.4, 0.5) is 5.69 Å². The lowest BCUT2D eigenvalue weighted by molar-refractivity contribution is -0.121. The molecule has 2 aliphatic rings. The fourth-order valence-electron chi connectivity index (χ4n) is 3.06. The van der Waals surface area contributed by atoms with Crippen molar-refractivity contribution in [1.29, 1.82) is 0 Å². The molecule has 1 amide bonds. The summed E-state index contributed by atoms with van der Waals surface area (Å²) in [6.07, 6.45) is 1.99. The number of benzene rings is 1. The van der Waals surface area contributed by atoms with Crippen LogP contribution in [-0.4, -0.2) is 11.4 Å². The first-order chi connectivity index (χ1) is 8.27. The monoisotopic (exact) mass is 307 g/mol. The third-order valence-corrected chi connectivity index (χ3v) is 4.59. The van der Waals surface area contributed by atoms with Crippen molar-refractivity contribution < 1.29 is 4.79 Å². The number of halogens is 1. The zero-order valence-corrected chi connectivity index (χ0v) is 12.9. The number of aryl methyl sites for hydroxylation is 1. The molecule has 3 heteroatoms. The first-order valence-corrected chi connectivity index (χ1v) is 7.22. The van der Waals surface area contributed by atoms with Gasteiger partial charge in [-0.05, 0) is 58.2 Å². The van der Waals surface area contributed by atoms with Gasteiger partial charge in [0.05, 0.1) is 5.41 Å². The van der Waals surface area contributed by atoms with Crippen LogP contribution in [0.1, 0.15) is 44.7 Å². The summed E-state index contributed by atoms with van der Waals surface area (Å²) in [5, 5.41) is 0. The molecule has 0 N–H and O–H groups in total. The maximum Gasteiger partial charge on any atom is 0.238 e. The second-order valence-corrected chi connectivity index (χ2v) is 7.39. The van der Waals surface area contributed by atoms with Gasteiger partial charge in [-0.15, -0.1) is 0 Å². The van der Waals surface area contributed by atoms with Gasteiger partial charge in [0.15, 0.2) is 0 Å². The minimum atomic E-state index is -0.213. The van der Waals surface area contributed by atoms with E-state index in [-0.39, 0.29) is 16.9 Å². The van der Waals surface area contributed by atoms with Crippen molar-refractivity contribution in [2.24, 2.45) is 0 Å². The van der Waals surface area contributed by atoms with E-state index in [1.165, 1.54) is 11.1 Å². The van der Waals surface area contributed by atoms with Gasteiger partial charge in [0.25, 0.3) is 0 Å². The Balaban J connectivity index is 2.28. The van der Waals surface area contributed by atoms with Crippen molar-refractivity contribution in [1.82, 2.24) is 0 Å². The van der Waals surface area contributed by atoms with Crippen LogP contribution < -0.4 is 4.90 Å². The number of rotatable bonds is 0. The predicted octanol–water partition coefficient (Wildman–Crippen LogP) is 3.93. The average molecular weight is 308 g/mol. The quantitative estimate of drug-likeness (QED) is 0.711. The molecule has 1 aliphatic heterocycles. The van der Waals surface area contributed by atoms with E-state index in [0.717, 1.165) is 23.0 Å². The number of hydrogen-bond acceptors (Lipinski definition) is 1. The minimum absolute atomic E-state index is 0.162. The van der Waals surface area contributed by atoms with E-state index in [0.29, 0.717) is 0 Å². The van der Waals surface area contributed by atoms with Gasteiger partial charge in [0.1, 0.15) is 0 Å². The lowest BCUT2D eigenvalue weighted by atomic mass is 9.97. The normalized spacial score (nSPS) is 20.5. The molecule has 0 aromatic heterocycles. The molecule has 1 aromatic rings. The fraction of sp³-hybridized carbons (Fsp3) is 0.533. The van der Waals surface area contributed by atoms with Crippen molar-refractivity contribution >= 4 is 27.5 Å². The second kappa shape index (κ2) is 3.38. The molecule has 96 valence electrons. The number of nitrogens with zero attached hydrogens (tertiary/aromatic N) is 1. The van der Waals surface area contributed by atoms with Crippen LogP contribution in [0.2, 0.25) is 0 Å². The standard InChI is InChI=1S/C15H18BrNO/c1-9-7-10(16)12-11(8-9)17(14(2,3)4)13(18)15(12)5-6-15/h7-8H,5-6H2,1-4H3. The van der Waals surface area contributed by atoms with Crippen LogP contribution in [0.3, 0.4) is 0 Å². The highest BCUT2D eigenvalue weighted by atomic mass is 79.9. The molecule has 3 rings (SSSR count). The van der Waals surface area contributed by atoms with Crippen LogP contribution in [0.15, 0.2) is 16.6 Å². The maximum absolute atomic E-state index is 12.8. The first kappa shape index (κ1) is 12.2. The van der Waals surface area contributed by atoms with Gasteiger partial charge in [-0.3, -0.25) is 4.79 Å². The number of anilines is 1. The molecule has 1 fully saturated rings. The van der Waals surface area contributed by atoms with Gasteiger partial charge in [-0.25, -0.2) is 0 Å². The van der Waals surface area contributed by atoms with E-state index in [4.69, 9.17) is 0 Å². The largest absolute Gasteiger partial charge is 0.306 e. The van der Waals surface area contributed by atoms with E-state index in [1.54, 1.807) is 0 Å². The highest BCUT2D eigenvalue weighted by Gasteiger charge is 2.61. The van der Waals surface area contributed by atoms with Crippen LogP contribution >= 0.6 is 15.9 Å². The van der Waals surface area contributed by atoms with E-state index in [1.807, 2.05) is 4.90 Å². The van der Waals surface area contributed by atoms with Crippen LogP contribution in [0, 0.1) is 6.92 Å². The summed E-state index contributed by atoms with van der Waals surface area (Å²) in [7, 11) is 0. The Bertz CT molecular complexity index is 552. The highest BCUT2D eigenvalue weighted by Crippen LogP contribution is 2.60. The second-order valence-electron chi connectivity index (χ2n) is 6.53. The zero-order chi connectivity index (χ0) is 13.3. The molecule has 1 aromatic carbocycles. The first-order valence-electron chi connectivity index (χ1n) is 6.43. The van der Waals surface area contributed by atoms with Crippen molar-refractivity contribution in [3.63, 3.8) is 0 Å². The number of hydrogen-bond donors (Lipinski definition) is 0. The average Bonchev–Trinajstić information content (AvgIpc) is 2.90. The Morgan fingerprint density at radius 2 is 1.89 bits per heavy atom. The van der Waals surface area contributed by atoms with Gasteiger partial charge in [-0.1, -0.05) is 15.9 Å². The van der Waals surface area contributed by atoms with Gasteiger partial charge in [0.2, 0.25) is 5.91 Å². The van der Waals surface area contributed by atoms with Crippen LogP contribution in [0.5, 0.6) is 0 Å².